The number of nitrogens with zero attached hydrogens (tertiary/aromatic N) is 1. The van der Waals surface area contributed by atoms with Crippen molar-refractivity contribution in [3.63, 3.8) is 0 Å². The van der Waals surface area contributed by atoms with Gasteiger partial charge in [-0.3, -0.25) is 9.78 Å². The molecule has 1 amide bonds. The first kappa shape index (κ1) is 13.0. The van der Waals surface area contributed by atoms with Gasteiger partial charge in [0.15, 0.2) is 0 Å². The Morgan fingerprint density at radius 3 is 2.78 bits per heavy atom. The molecule has 1 aliphatic rings. The van der Waals surface area contributed by atoms with Crippen LogP contribution in [0.1, 0.15) is 32.6 Å². The van der Waals surface area contributed by atoms with Gasteiger partial charge in [0.05, 0.1) is 6.54 Å². The molecule has 2 N–H and O–H groups in total. The van der Waals surface area contributed by atoms with Gasteiger partial charge in [0.25, 0.3) is 0 Å². The second-order valence-electron chi connectivity index (χ2n) is 5.03. The fourth-order valence-corrected chi connectivity index (χ4v) is 2.48. The highest BCUT2D eigenvalue weighted by Crippen LogP contribution is 2.23. The fourth-order valence-electron chi connectivity index (χ4n) is 2.48. The SMILES string of the molecule is C[C@@H]1CCCC[C@H]1NCC(=O)Nc1ccncc1. The van der Waals surface area contributed by atoms with Crippen molar-refractivity contribution >= 4 is 11.6 Å². The molecule has 0 saturated heterocycles. The molecule has 0 aromatic carbocycles. The number of anilines is 1. The number of carbonyl (C=O) groups is 1. The van der Waals surface area contributed by atoms with E-state index in [0.717, 1.165) is 5.69 Å². The smallest absolute Gasteiger partial charge is 0.238 e. The maximum absolute atomic E-state index is 11.8. The van der Waals surface area contributed by atoms with E-state index in [4.69, 9.17) is 0 Å². The molecule has 0 bridgehead atoms. The first-order valence-electron chi connectivity index (χ1n) is 6.69. The Labute approximate surface area is 108 Å². The minimum Gasteiger partial charge on any atom is -0.325 e. The number of amides is 1. The zero-order chi connectivity index (χ0) is 12.8. The zero-order valence-electron chi connectivity index (χ0n) is 10.9. The second-order valence-corrected chi connectivity index (χ2v) is 5.03. The molecule has 2 atom stereocenters. The van der Waals surface area contributed by atoms with Crippen molar-refractivity contribution in [1.82, 2.24) is 10.3 Å². The standard InChI is InChI=1S/C14H21N3O/c1-11-4-2-3-5-13(11)16-10-14(18)17-12-6-8-15-9-7-12/h6-9,11,13,16H,2-5,10H2,1H3,(H,15,17,18)/t11-,13-/m1/s1. The van der Waals surface area contributed by atoms with E-state index in [9.17, 15) is 4.79 Å². The lowest BCUT2D eigenvalue weighted by Gasteiger charge is -2.29. The van der Waals surface area contributed by atoms with E-state index in [1.807, 2.05) is 0 Å². The first-order valence-corrected chi connectivity index (χ1v) is 6.69. The Morgan fingerprint density at radius 2 is 2.06 bits per heavy atom. The Morgan fingerprint density at radius 1 is 1.33 bits per heavy atom. The summed E-state index contributed by atoms with van der Waals surface area (Å²) in [4.78, 5) is 15.7. The van der Waals surface area contributed by atoms with Crippen LogP contribution in [0.15, 0.2) is 24.5 Å². The molecular weight excluding hydrogens is 226 g/mol. The number of hydrogen-bond donors (Lipinski definition) is 2. The average molecular weight is 247 g/mol. The van der Waals surface area contributed by atoms with Gasteiger partial charge in [0, 0.05) is 24.1 Å². The highest BCUT2D eigenvalue weighted by Gasteiger charge is 2.21. The number of rotatable bonds is 4. The van der Waals surface area contributed by atoms with Crippen LogP contribution in [0.3, 0.4) is 0 Å². The summed E-state index contributed by atoms with van der Waals surface area (Å²) in [5.41, 5.74) is 0.800. The van der Waals surface area contributed by atoms with Crippen molar-refractivity contribution < 1.29 is 4.79 Å². The van der Waals surface area contributed by atoms with Gasteiger partial charge in [-0.25, -0.2) is 0 Å². The molecule has 1 aliphatic carbocycles. The minimum absolute atomic E-state index is 0.0129. The summed E-state index contributed by atoms with van der Waals surface area (Å²) in [6.07, 6.45) is 8.39. The first-order chi connectivity index (χ1) is 8.75. The third-order valence-electron chi connectivity index (χ3n) is 3.60. The van der Waals surface area contributed by atoms with Crippen molar-refractivity contribution in [2.75, 3.05) is 11.9 Å². The maximum Gasteiger partial charge on any atom is 0.238 e. The molecule has 18 heavy (non-hydrogen) atoms. The van der Waals surface area contributed by atoms with E-state index in [1.54, 1.807) is 24.5 Å². The highest BCUT2D eigenvalue weighted by atomic mass is 16.1. The summed E-state index contributed by atoms with van der Waals surface area (Å²) in [6.45, 7) is 2.65. The van der Waals surface area contributed by atoms with Crippen LogP contribution in [0.5, 0.6) is 0 Å². The normalized spacial score (nSPS) is 23.6. The molecule has 1 saturated carbocycles. The van der Waals surface area contributed by atoms with Gasteiger partial charge >= 0.3 is 0 Å². The molecule has 1 heterocycles. The van der Waals surface area contributed by atoms with Crippen LogP contribution in [0.25, 0.3) is 0 Å². The molecule has 0 radical (unpaired) electrons. The van der Waals surface area contributed by atoms with Crippen LogP contribution >= 0.6 is 0 Å². The monoisotopic (exact) mass is 247 g/mol. The molecule has 1 fully saturated rings. The molecule has 1 aromatic rings. The van der Waals surface area contributed by atoms with Crippen molar-refractivity contribution in [2.24, 2.45) is 5.92 Å². The molecular formula is C14H21N3O. The maximum atomic E-state index is 11.8. The molecule has 0 aliphatic heterocycles. The summed E-state index contributed by atoms with van der Waals surface area (Å²) >= 11 is 0. The predicted octanol–water partition coefficient (Wildman–Crippen LogP) is 2.19. The lowest BCUT2D eigenvalue weighted by Crippen LogP contribution is -2.41. The number of aromatic nitrogens is 1. The molecule has 2 rings (SSSR count). The summed E-state index contributed by atoms with van der Waals surface area (Å²) in [6, 6.07) is 4.07. The molecule has 4 nitrogen and oxygen atoms in total. The summed E-state index contributed by atoms with van der Waals surface area (Å²) in [5, 5.41) is 6.22. The van der Waals surface area contributed by atoms with Crippen LogP contribution in [0.2, 0.25) is 0 Å². The van der Waals surface area contributed by atoms with E-state index < -0.39 is 0 Å². The highest BCUT2D eigenvalue weighted by molar-refractivity contribution is 5.92. The van der Waals surface area contributed by atoms with Gasteiger partial charge in [0.2, 0.25) is 5.91 Å². The number of carbonyl (C=O) groups excluding carboxylic acids is 1. The quantitative estimate of drug-likeness (QED) is 0.857. The largest absolute Gasteiger partial charge is 0.325 e. The van der Waals surface area contributed by atoms with E-state index in [0.29, 0.717) is 18.5 Å². The summed E-state index contributed by atoms with van der Waals surface area (Å²) < 4.78 is 0. The van der Waals surface area contributed by atoms with E-state index in [1.165, 1.54) is 25.7 Å². The van der Waals surface area contributed by atoms with Crippen molar-refractivity contribution in [3.8, 4) is 0 Å². The Hall–Kier alpha value is -1.42. The van der Waals surface area contributed by atoms with Gasteiger partial charge < -0.3 is 10.6 Å². The Kier molecular flexibility index (Phi) is 4.70. The zero-order valence-corrected chi connectivity index (χ0v) is 10.9. The third-order valence-corrected chi connectivity index (χ3v) is 3.60. The number of pyridine rings is 1. The minimum atomic E-state index is 0.0129. The molecule has 0 spiro atoms. The molecule has 4 heteroatoms. The van der Waals surface area contributed by atoms with Gasteiger partial charge in [0.1, 0.15) is 0 Å². The van der Waals surface area contributed by atoms with Crippen molar-refractivity contribution in [2.45, 2.75) is 38.6 Å². The molecule has 1 aromatic heterocycles. The average Bonchev–Trinajstić information content (AvgIpc) is 2.39. The third kappa shape index (κ3) is 3.81. The predicted molar refractivity (Wildman–Crippen MR) is 72.3 cm³/mol. The lowest BCUT2D eigenvalue weighted by atomic mass is 9.86. The second kappa shape index (κ2) is 6.50. The van der Waals surface area contributed by atoms with Crippen LogP contribution < -0.4 is 10.6 Å². The van der Waals surface area contributed by atoms with Gasteiger partial charge in [-0.15, -0.1) is 0 Å². The molecule has 98 valence electrons. The van der Waals surface area contributed by atoms with Crippen LogP contribution in [-0.4, -0.2) is 23.5 Å². The summed E-state index contributed by atoms with van der Waals surface area (Å²) in [5.74, 6) is 0.687. The topological polar surface area (TPSA) is 54.0 Å². The van der Waals surface area contributed by atoms with Gasteiger partial charge in [-0.1, -0.05) is 19.8 Å². The van der Waals surface area contributed by atoms with Crippen molar-refractivity contribution in [1.29, 1.82) is 0 Å². The van der Waals surface area contributed by atoms with E-state index in [2.05, 4.69) is 22.5 Å². The molecule has 0 unspecified atom stereocenters. The van der Waals surface area contributed by atoms with E-state index in [-0.39, 0.29) is 5.91 Å². The van der Waals surface area contributed by atoms with Gasteiger partial charge in [-0.05, 0) is 30.9 Å². The summed E-state index contributed by atoms with van der Waals surface area (Å²) in [7, 11) is 0. The fraction of sp³-hybridized carbons (Fsp3) is 0.571. The number of nitrogens with one attached hydrogen (secondary N) is 2. The van der Waals surface area contributed by atoms with Crippen LogP contribution in [-0.2, 0) is 4.79 Å². The Balaban J connectivity index is 1.74. The van der Waals surface area contributed by atoms with E-state index >= 15 is 0 Å². The van der Waals surface area contributed by atoms with Crippen molar-refractivity contribution in [3.05, 3.63) is 24.5 Å². The van der Waals surface area contributed by atoms with Crippen LogP contribution in [0.4, 0.5) is 5.69 Å². The number of hydrogen-bond acceptors (Lipinski definition) is 3. The van der Waals surface area contributed by atoms with Crippen LogP contribution in [0, 0.1) is 5.92 Å². The van der Waals surface area contributed by atoms with Gasteiger partial charge in [-0.2, -0.15) is 0 Å². The Bertz CT molecular complexity index is 380. The lowest BCUT2D eigenvalue weighted by molar-refractivity contribution is -0.115.